The molecule has 0 fully saturated rings. The van der Waals surface area contributed by atoms with E-state index in [0.717, 1.165) is 5.56 Å². The van der Waals surface area contributed by atoms with Gasteiger partial charge < -0.3 is 39.9 Å². The number of carbonyl (C=O) groups excluding carboxylic acids is 7. The predicted molar refractivity (Wildman–Crippen MR) is 231 cm³/mol. The van der Waals surface area contributed by atoms with Crippen LogP contribution in [0.5, 0.6) is 0 Å². The quantitative estimate of drug-likeness (QED) is 0.169. The third-order valence-corrected chi connectivity index (χ3v) is 11.4. The Morgan fingerprint density at radius 3 is 2.13 bits per heavy atom. The van der Waals surface area contributed by atoms with E-state index in [1.807, 2.05) is 26.8 Å². The Labute approximate surface area is 362 Å². The first-order chi connectivity index (χ1) is 28.6. The second-order valence-electron chi connectivity index (χ2n) is 16.8. The molecule has 3 N–H and O–H groups in total. The molecule has 2 rings (SSSR count). The number of ether oxygens (including phenoxy) is 2. The topological polar surface area (TPSA) is 192 Å². The number of hydrogen-bond acceptors (Lipinski definition) is 10. The van der Waals surface area contributed by atoms with E-state index < -0.39 is 96.4 Å². The summed E-state index contributed by atoms with van der Waals surface area (Å²) in [5, 5.41) is 16.5. The summed E-state index contributed by atoms with van der Waals surface area (Å²) in [7, 11) is 4.29. The molecule has 0 aliphatic carbocycles. The number of nitrogens with zero attached hydrogens (tertiary/aromatic N) is 3. The van der Waals surface area contributed by atoms with Gasteiger partial charge in [-0.3, -0.25) is 24.0 Å². The zero-order valence-corrected chi connectivity index (χ0v) is 37.9. The summed E-state index contributed by atoms with van der Waals surface area (Å²) in [5.74, 6) is -3.25. The maximum atomic E-state index is 14.2. The third-order valence-electron chi connectivity index (χ3n) is 11.4. The van der Waals surface area contributed by atoms with Crippen molar-refractivity contribution < 1.29 is 48.1 Å². The largest absolute Gasteiger partial charge is 0.460 e. The number of esters is 2. The van der Waals surface area contributed by atoms with Crippen molar-refractivity contribution in [2.24, 2.45) is 17.8 Å². The molecule has 0 unspecified atom stereocenters. The average molecular weight is 852 g/mol. The van der Waals surface area contributed by atoms with Crippen molar-refractivity contribution >= 4 is 41.5 Å². The van der Waals surface area contributed by atoms with E-state index in [4.69, 9.17) is 15.9 Å². The molecule has 15 heteroatoms. The number of aliphatic hydroxyl groups excluding tert-OH is 1. The van der Waals surface area contributed by atoms with Crippen LogP contribution in [0.25, 0.3) is 0 Å². The van der Waals surface area contributed by atoms with Gasteiger partial charge in [0, 0.05) is 51.9 Å². The fraction of sp³-hybridized carbons (Fsp3) is 0.630. The molecule has 5 amide bonds. The predicted octanol–water partition coefficient (Wildman–Crippen LogP) is 3.42. The van der Waals surface area contributed by atoms with Crippen LogP contribution in [0.4, 0.5) is 0 Å². The highest BCUT2D eigenvalue weighted by Gasteiger charge is 2.38. The maximum absolute atomic E-state index is 14.2. The van der Waals surface area contributed by atoms with Crippen molar-refractivity contribution in [3.05, 3.63) is 47.5 Å². The third kappa shape index (κ3) is 15.6. The van der Waals surface area contributed by atoms with Gasteiger partial charge in [-0.1, -0.05) is 77.4 Å². The number of carbonyl (C=O) groups is 7. The van der Waals surface area contributed by atoms with Crippen LogP contribution in [0.1, 0.15) is 99.5 Å². The molecule has 0 spiro atoms. The number of benzene rings is 1. The highest BCUT2D eigenvalue weighted by Crippen LogP contribution is 2.23. The van der Waals surface area contributed by atoms with E-state index in [0.29, 0.717) is 25.7 Å². The molecule has 0 radical (unpaired) electrons. The molecule has 1 aromatic carbocycles. The smallest absolute Gasteiger partial charge is 0.334 e. The number of unbranched alkanes of at least 4 members (excludes halogenated alkanes) is 1. The van der Waals surface area contributed by atoms with Crippen LogP contribution in [0, 0.1) is 30.1 Å². The Bertz CT molecular complexity index is 1740. The van der Waals surface area contributed by atoms with Crippen LogP contribution in [-0.2, 0) is 49.5 Å². The van der Waals surface area contributed by atoms with Crippen LogP contribution in [0.15, 0.2) is 42.0 Å². The lowest BCUT2D eigenvalue weighted by atomic mass is 9.91. The summed E-state index contributed by atoms with van der Waals surface area (Å²) in [5.41, 5.74) is 0.847. The van der Waals surface area contributed by atoms with Gasteiger partial charge in [-0.05, 0) is 57.4 Å². The first kappa shape index (κ1) is 51.9. The van der Waals surface area contributed by atoms with E-state index >= 15 is 0 Å². The monoisotopic (exact) mass is 852 g/mol. The minimum Gasteiger partial charge on any atom is -0.460 e. The molecule has 0 bridgehead atoms. The lowest BCUT2D eigenvalue weighted by Gasteiger charge is -2.34. The average Bonchev–Trinajstić information content (AvgIpc) is 3.23. The molecule has 1 aliphatic heterocycles. The molecule has 1 aromatic rings. The van der Waals surface area contributed by atoms with Gasteiger partial charge in [0.2, 0.25) is 23.6 Å². The van der Waals surface area contributed by atoms with Crippen LogP contribution < -0.4 is 10.6 Å². The van der Waals surface area contributed by atoms with E-state index in [1.165, 1.54) is 62.7 Å². The first-order valence-electron chi connectivity index (χ1n) is 21.3. The zero-order chi connectivity index (χ0) is 46.1. The molecule has 1 aliphatic rings. The molecule has 9 atom stereocenters. The first-order valence-corrected chi connectivity index (χ1v) is 21.3. The van der Waals surface area contributed by atoms with Gasteiger partial charge >= 0.3 is 11.9 Å². The Morgan fingerprint density at radius 2 is 1.54 bits per heavy atom. The van der Waals surface area contributed by atoms with Crippen molar-refractivity contribution in [3.8, 4) is 12.3 Å². The minimum atomic E-state index is -1.29. The summed E-state index contributed by atoms with van der Waals surface area (Å²) in [6.07, 6.45) is 5.71. The summed E-state index contributed by atoms with van der Waals surface area (Å²) in [6.45, 7) is 13.0. The number of hydrogen-bond donors (Lipinski definition) is 3. The van der Waals surface area contributed by atoms with Gasteiger partial charge in [0.25, 0.3) is 5.91 Å². The SMILES string of the molecule is C#CCCC[C@@H](O)[C@@H](C)[C@@H]1CC=C(C)C(=O)O[C@H](CC(C)C)C(=O)N[C@@H](C)C(=O)N(C)[C@H](Cc2ccccc2)C(=O)N(C)CC(=O)N[C@@H]([C@H](C)CC)C(=O)N(C)[C@@H](C)C(=O)O1. The number of terminal acetylenes is 1. The van der Waals surface area contributed by atoms with Crippen LogP contribution in [-0.4, -0.2) is 131 Å². The molecule has 0 saturated carbocycles. The van der Waals surface area contributed by atoms with Gasteiger partial charge in [-0.25, -0.2) is 9.59 Å². The zero-order valence-electron chi connectivity index (χ0n) is 37.9. The molecule has 0 saturated heterocycles. The van der Waals surface area contributed by atoms with Gasteiger partial charge in [-0.2, -0.15) is 0 Å². The minimum absolute atomic E-state index is 0.0225. The number of cyclic esters (lactones) is 2. The Balaban J connectivity index is 2.67. The molecule has 15 nitrogen and oxygen atoms in total. The lowest BCUT2D eigenvalue weighted by Crippen LogP contribution is -2.58. The molecule has 338 valence electrons. The number of likely N-dealkylation sites (N-methyl/N-ethyl adjacent to an activating group) is 3. The highest BCUT2D eigenvalue weighted by atomic mass is 16.6. The van der Waals surface area contributed by atoms with Crippen molar-refractivity contribution in [3.63, 3.8) is 0 Å². The van der Waals surface area contributed by atoms with E-state index in [-0.39, 0.29) is 36.7 Å². The van der Waals surface area contributed by atoms with Gasteiger partial charge in [0.15, 0.2) is 6.10 Å². The fourth-order valence-corrected chi connectivity index (χ4v) is 6.85. The van der Waals surface area contributed by atoms with Crippen LogP contribution in [0.3, 0.4) is 0 Å². The van der Waals surface area contributed by atoms with Crippen molar-refractivity contribution in [1.82, 2.24) is 25.3 Å². The second-order valence-corrected chi connectivity index (χ2v) is 16.8. The van der Waals surface area contributed by atoms with Crippen LogP contribution in [0.2, 0.25) is 0 Å². The molecular formula is C46H69N5O10. The Morgan fingerprint density at radius 1 is 0.902 bits per heavy atom. The van der Waals surface area contributed by atoms with E-state index in [2.05, 4.69) is 16.6 Å². The van der Waals surface area contributed by atoms with E-state index in [1.54, 1.807) is 38.1 Å². The van der Waals surface area contributed by atoms with Crippen molar-refractivity contribution in [2.45, 2.75) is 143 Å². The summed E-state index contributed by atoms with van der Waals surface area (Å²) in [6, 6.07) is 4.55. The molecule has 61 heavy (non-hydrogen) atoms. The summed E-state index contributed by atoms with van der Waals surface area (Å²) in [4.78, 5) is 100. The normalized spacial score (nSPS) is 25.3. The number of amides is 5. The van der Waals surface area contributed by atoms with Crippen LogP contribution >= 0.6 is 0 Å². The van der Waals surface area contributed by atoms with Gasteiger partial charge in [0.1, 0.15) is 30.3 Å². The standard InChI is InChI=1S/C46H69N5O10/c1-13-15-17-22-36(52)31(7)37-24-23-30(6)45(58)61-38(25-28(3)4)41(54)47-32(8)42(55)51(12)35(26-34-20-18-16-19-21-34)43(56)49(10)27-39(53)48-40(29(5)14-2)44(57)50(11)33(9)46(59)60-37/h1,16,18-21,23,28-29,31-33,35-38,40,52H,14-15,17,22,24-27H2,2-12H3,(H,47,54)(H,48,53)/t29-,31-,32+,33+,35-,36-,37+,38-,40+/m1/s1. The molecule has 1 heterocycles. The lowest BCUT2D eigenvalue weighted by molar-refractivity contribution is -0.162. The van der Waals surface area contributed by atoms with E-state index in [9.17, 15) is 38.7 Å². The molecule has 0 aromatic heterocycles. The number of aliphatic hydroxyl groups is 1. The van der Waals surface area contributed by atoms with Crippen molar-refractivity contribution in [2.75, 3.05) is 27.7 Å². The maximum Gasteiger partial charge on any atom is 0.334 e. The van der Waals surface area contributed by atoms with Gasteiger partial charge in [-0.15, -0.1) is 12.3 Å². The summed E-state index contributed by atoms with van der Waals surface area (Å²) < 4.78 is 11.7. The number of rotatable bonds is 11. The fourth-order valence-electron chi connectivity index (χ4n) is 6.85. The summed E-state index contributed by atoms with van der Waals surface area (Å²) >= 11 is 0. The highest BCUT2D eigenvalue weighted by molar-refractivity contribution is 5.96. The second kappa shape index (κ2) is 24.9. The Kier molecular flexibility index (Phi) is 21.2. The van der Waals surface area contributed by atoms with Crippen molar-refractivity contribution in [1.29, 1.82) is 0 Å². The van der Waals surface area contributed by atoms with Gasteiger partial charge in [0.05, 0.1) is 12.6 Å². The molecular weight excluding hydrogens is 783 g/mol. The Hall–Kier alpha value is -5.23. The number of nitrogens with one attached hydrogen (secondary N) is 2.